The van der Waals surface area contributed by atoms with Gasteiger partial charge in [-0.15, -0.1) is 0 Å². The van der Waals surface area contributed by atoms with Gasteiger partial charge in [0.15, 0.2) is 0 Å². The number of nitrogens with zero attached hydrogens (tertiary/aromatic N) is 3. The Hall–Kier alpha value is -1.69. The Morgan fingerprint density at radius 2 is 2.30 bits per heavy atom. The van der Waals surface area contributed by atoms with Crippen LogP contribution in [0.1, 0.15) is 25.0 Å². The number of amides is 1. The summed E-state index contributed by atoms with van der Waals surface area (Å²) in [5.74, 6) is 1.46. The third-order valence-electron chi connectivity index (χ3n) is 3.72. The second kappa shape index (κ2) is 7.19. The molecule has 0 aromatic carbocycles. The fourth-order valence-electron chi connectivity index (χ4n) is 2.74. The molecule has 0 spiro atoms. The molecule has 110 valence electrons. The lowest BCUT2D eigenvalue weighted by molar-refractivity contribution is -0.132. The molecule has 1 unspecified atom stereocenters. The van der Waals surface area contributed by atoms with E-state index in [1.54, 1.807) is 12.4 Å². The molecule has 0 aliphatic carbocycles. The predicted molar refractivity (Wildman–Crippen MR) is 78.3 cm³/mol. The molecule has 0 bridgehead atoms. The van der Waals surface area contributed by atoms with Crippen LogP contribution in [-0.4, -0.2) is 47.5 Å². The standard InChI is InChI=1S/C14H23N5O/c1-16-14-12(17-6-7-18-14)9-11-3-2-8-19(10-11)13(20)4-5-15/h6-7,11H,2-5,8-10,15H2,1H3,(H,16,18). The number of carbonyl (C=O) groups excluding carboxylic acids is 1. The first-order valence-corrected chi connectivity index (χ1v) is 7.20. The van der Waals surface area contributed by atoms with Crippen LogP contribution in [0.4, 0.5) is 5.82 Å². The van der Waals surface area contributed by atoms with Crippen molar-refractivity contribution >= 4 is 11.7 Å². The first kappa shape index (κ1) is 14.7. The van der Waals surface area contributed by atoms with Crippen molar-refractivity contribution < 1.29 is 4.79 Å². The summed E-state index contributed by atoms with van der Waals surface area (Å²) in [6.45, 7) is 2.08. The number of carbonyl (C=O) groups is 1. The summed E-state index contributed by atoms with van der Waals surface area (Å²) < 4.78 is 0. The zero-order valence-corrected chi connectivity index (χ0v) is 12.0. The van der Waals surface area contributed by atoms with E-state index in [4.69, 9.17) is 5.73 Å². The molecule has 1 aromatic rings. The SMILES string of the molecule is CNc1nccnc1CC1CCCN(C(=O)CCN)C1. The summed E-state index contributed by atoms with van der Waals surface area (Å²) in [5, 5.41) is 3.07. The van der Waals surface area contributed by atoms with Crippen molar-refractivity contribution in [3.8, 4) is 0 Å². The highest BCUT2D eigenvalue weighted by molar-refractivity contribution is 5.76. The van der Waals surface area contributed by atoms with Crippen LogP contribution in [0.5, 0.6) is 0 Å². The van der Waals surface area contributed by atoms with Gasteiger partial charge in [0.1, 0.15) is 5.82 Å². The van der Waals surface area contributed by atoms with E-state index in [0.717, 1.165) is 43.9 Å². The molecule has 1 fully saturated rings. The Morgan fingerprint density at radius 1 is 1.50 bits per heavy atom. The first-order valence-electron chi connectivity index (χ1n) is 7.20. The van der Waals surface area contributed by atoms with Crippen molar-refractivity contribution in [3.63, 3.8) is 0 Å². The van der Waals surface area contributed by atoms with Gasteiger partial charge < -0.3 is 16.0 Å². The molecule has 1 amide bonds. The maximum absolute atomic E-state index is 11.9. The average Bonchev–Trinajstić information content (AvgIpc) is 2.48. The summed E-state index contributed by atoms with van der Waals surface area (Å²) in [6, 6.07) is 0. The molecule has 6 nitrogen and oxygen atoms in total. The van der Waals surface area contributed by atoms with Crippen molar-refractivity contribution in [1.82, 2.24) is 14.9 Å². The number of hydrogen-bond donors (Lipinski definition) is 2. The van der Waals surface area contributed by atoms with Crippen LogP contribution >= 0.6 is 0 Å². The number of aromatic nitrogens is 2. The molecule has 0 radical (unpaired) electrons. The minimum absolute atomic E-state index is 0.171. The fraction of sp³-hybridized carbons (Fsp3) is 0.643. The number of piperidine rings is 1. The van der Waals surface area contributed by atoms with E-state index in [1.165, 1.54) is 0 Å². The van der Waals surface area contributed by atoms with Crippen LogP contribution in [0.2, 0.25) is 0 Å². The van der Waals surface area contributed by atoms with E-state index in [1.807, 2.05) is 11.9 Å². The molecule has 2 rings (SSSR count). The second-order valence-electron chi connectivity index (χ2n) is 5.19. The molecule has 6 heteroatoms. The van der Waals surface area contributed by atoms with Crippen molar-refractivity contribution in [2.75, 3.05) is 32.0 Å². The van der Waals surface area contributed by atoms with Crippen LogP contribution in [-0.2, 0) is 11.2 Å². The molecule has 20 heavy (non-hydrogen) atoms. The number of rotatable bonds is 5. The maximum Gasteiger partial charge on any atom is 0.223 e. The summed E-state index contributed by atoms with van der Waals surface area (Å²) in [7, 11) is 1.85. The lowest BCUT2D eigenvalue weighted by atomic mass is 9.93. The number of nitrogens with two attached hydrogens (primary N) is 1. The number of anilines is 1. The van der Waals surface area contributed by atoms with Gasteiger partial charge in [0, 0.05) is 45.5 Å². The lowest BCUT2D eigenvalue weighted by Gasteiger charge is -2.32. The van der Waals surface area contributed by atoms with Crippen molar-refractivity contribution in [2.24, 2.45) is 11.7 Å². The average molecular weight is 277 g/mol. The van der Waals surface area contributed by atoms with Gasteiger partial charge in [-0.1, -0.05) is 0 Å². The van der Waals surface area contributed by atoms with Crippen LogP contribution < -0.4 is 11.1 Å². The Balaban J connectivity index is 1.97. The van der Waals surface area contributed by atoms with Gasteiger partial charge in [0.2, 0.25) is 5.91 Å². The Bertz CT molecular complexity index is 451. The smallest absolute Gasteiger partial charge is 0.223 e. The minimum Gasteiger partial charge on any atom is -0.372 e. The van der Waals surface area contributed by atoms with E-state index in [0.29, 0.717) is 18.9 Å². The molecule has 1 atom stereocenters. The second-order valence-corrected chi connectivity index (χ2v) is 5.19. The van der Waals surface area contributed by atoms with E-state index in [2.05, 4.69) is 15.3 Å². The Labute approximate surface area is 119 Å². The molecular formula is C14H23N5O. The van der Waals surface area contributed by atoms with Crippen LogP contribution in [0.3, 0.4) is 0 Å². The van der Waals surface area contributed by atoms with E-state index in [9.17, 15) is 4.79 Å². The molecule has 0 saturated carbocycles. The zero-order valence-electron chi connectivity index (χ0n) is 12.0. The van der Waals surface area contributed by atoms with E-state index in [-0.39, 0.29) is 5.91 Å². The summed E-state index contributed by atoms with van der Waals surface area (Å²) in [4.78, 5) is 22.5. The molecule has 2 heterocycles. The highest BCUT2D eigenvalue weighted by Crippen LogP contribution is 2.22. The number of nitrogens with one attached hydrogen (secondary N) is 1. The van der Waals surface area contributed by atoms with Crippen molar-refractivity contribution in [3.05, 3.63) is 18.1 Å². The summed E-state index contributed by atoms with van der Waals surface area (Å²) in [5.41, 5.74) is 6.44. The molecule has 1 aromatic heterocycles. The normalized spacial score (nSPS) is 18.9. The van der Waals surface area contributed by atoms with E-state index < -0.39 is 0 Å². The molecular weight excluding hydrogens is 254 g/mol. The summed E-state index contributed by atoms with van der Waals surface area (Å²) >= 11 is 0. The highest BCUT2D eigenvalue weighted by Gasteiger charge is 2.24. The zero-order chi connectivity index (χ0) is 14.4. The highest BCUT2D eigenvalue weighted by atomic mass is 16.2. The third-order valence-corrected chi connectivity index (χ3v) is 3.72. The van der Waals surface area contributed by atoms with Crippen LogP contribution in [0.25, 0.3) is 0 Å². The monoisotopic (exact) mass is 277 g/mol. The van der Waals surface area contributed by atoms with Gasteiger partial charge in [0.05, 0.1) is 5.69 Å². The van der Waals surface area contributed by atoms with Gasteiger partial charge in [-0.3, -0.25) is 9.78 Å². The Morgan fingerprint density at radius 3 is 3.05 bits per heavy atom. The third kappa shape index (κ3) is 3.66. The van der Waals surface area contributed by atoms with Crippen LogP contribution in [0, 0.1) is 5.92 Å². The van der Waals surface area contributed by atoms with Gasteiger partial charge in [-0.05, 0) is 25.2 Å². The fourth-order valence-corrected chi connectivity index (χ4v) is 2.74. The quantitative estimate of drug-likeness (QED) is 0.825. The lowest BCUT2D eigenvalue weighted by Crippen LogP contribution is -2.41. The molecule has 1 aliphatic heterocycles. The van der Waals surface area contributed by atoms with Gasteiger partial charge >= 0.3 is 0 Å². The maximum atomic E-state index is 11.9. The summed E-state index contributed by atoms with van der Waals surface area (Å²) in [6.07, 6.45) is 6.89. The van der Waals surface area contributed by atoms with Gasteiger partial charge in [-0.2, -0.15) is 0 Å². The molecule has 1 saturated heterocycles. The number of likely N-dealkylation sites (tertiary alicyclic amines) is 1. The van der Waals surface area contributed by atoms with Gasteiger partial charge in [-0.25, -0.2) is 4.98 Å². The largest absolute Gasteiger partial charge is 0.372 e. The van der Waals surface area contributed by atoms with Crippen molar-refractivity contribution in [2.45, 2.75) is 25.7 Å². The number of hydrogen-bond acceptors (Lipinski definition) is 5. The van der Waals surface area contributed by atoms with Crippen LogP contribution in [0.15, 0.2) is 12.4 Å². The Kier molecular flexibility index (Phi) is 5.29. The van der Waals surface area contributed by atoms with E-state index >= 15 is 0 Å². The first-order chi connectivity index (χ1) is 9.74. The molecule has 3 N–H and O–H groups in total. The topological polar surface area (TPSA) is 84.1 Å². The minimum atomic E-state index is 0.171. The van der Waals surface area contributed by atoms with Crippen molar-refractivity contribution in [1.29, 1.82) is 0 Å². The van der Waals surface area contributed by atoms with Gasteiger partial charge in [0.25, 0.3) is 0 Å². The predicted octanol–water partition coefficient (Wildman–Crippen LogP) is 0.648. The molecule has 1 aliphatic rings.